The molecule has 0 aliphatic heterocycles. The summed E-state index contributed by atoms with van der Waals surface area (Å²) in [6.45, 7) is 2.26. The van der Waals surface area contributed by atoms with Gasteiger partial charge in [-0.3, -0.25) is 0 Å². The predicted octanol–water partition coefficient (Wildman–Crippen LogP) is 1.99. The third-order valence-corrected chi connectivity index (χ3v) is 2.58. The zero-order chi connectivity index (χ0) is 10.8. The van der Waals surface area contributed by atoms with Crippen molar-refractivity contribution >= 4 is 11.0 Å². The monoisotopic (exact) mass is 205 g/mol. The molecule has 0 saturated carbocycles. The lowest BCUT2D eigenvalue weighted by atomic mass is 10.1. The van der Waals surface area contributed by atoms with E-state index in [1.165, 1.54) is 0 Å². The van der Waals surface area contributed by atoms with Gasteiger partial charge >= 0.3 is 0 Å². The summed E-state index contributed by atoms with van der Waals surface area (Å²) >= 11 is 0. The fourth-order valence-electron chi connectivity index (χ4n) is 1.70. The van der Waals surface area contributed by atoms with E-state index in [9.17, 15) is 5.11 Å². The first-order chi connectivity index (χ1) is 7.26. The second kappa shape index (κ2) is 4.04. The van der Waals surface area contributed by atoms with Crippen LogP contribution in [0.1, 0.15) is 24.4 Å². The molecule has 1 unspecified atom stereocenters. The van der Waals surface area contributed by atoms with Crippen LogP contribution in [0.15, 0.2) is 28.7 Å². The highest BCUT2D eigenvalue weighted by Crippen LogP contribution is 2.26. The van der Waals surface area contributed by atoms with Gasteiger partial charge in [-0.05, 0) is 18.1 Å². The molecular formula is C12H15NO2. The van der Waals surface area contributed by atoms with E-state index in [4.69, 9.17) is 10.2 Å². The summed E-state index contributed by atoms with van der Waals surface area (Å²) in [5, 5.41) is 10.6. The van der Waals surface area contributed by atoms with Gasteiger partial charge in [-0.25, -0.2) is 0 Å². The van der Waals surface area contributed by atoms with Crippen molar-refractivity contribution < 1.29 is 9.52 Å². The van der Waals surface area contributed by atoms with Crippen LogP contribution in [-0.4, -0.2) is 11.7 Å². The molecular weight excluding hydrogens is 190 g/mol. The first-order valence-electron chi connectivity index (χ1n) is 5.15. The van der Waals surface area contributed by atoms with E-state index in [0.29, 0.717) is 5.76 Å². The van der Waals surface area contributed by atoms with Crippen LogP contribution in [0.4, 0.5) is 0 Å². The van der Waals surface area contributed by atoms with Gasteiger partial charge in [0.1, 0.15) is 17.4 Å². The van der Waals surface area contributed by atoms with E-state index in [1.54, 1.807) is 0 Å². The number of para-hydroxylation sites is 1. The maximum atomic E-state index is 9.58. The Labute approximate surface area is 88.5 Å². The van der Waals surface area contributed by atoms with Crippen molar-refractivity contribution in [3.05, 3.63) is 35.6 Å². The van der Waals surface area contributed by atoms with Gasteiger partial charge in [-0.1, -0.05) is 25.1 Å². The first kappa shape index (κ1) is 10.2. The molecule has 0 aliphatic rings. The van der Waals surface area contributed by atoms with Gasteiger partial charge in [-0.2, -0.15) is 0 Å². The largest absolute Gasteiger partial charge is 0.458 e. The van der Waals surface area contributed by atoms with Crippen molar-refractivity contribution in [2.45, 2.75) is 19.4 Å². The molecule has 80 valence electrons. The van der Waals surface area contributed by atoms with E-state index in [0.717, 1.165) is 23.0 Å². The molecule has 0 aliphatic carbocycles. The van der Waals surface area contributed by atoms with Crippen molar-refractivity contribution in [3.63, 3.8) is 0 Å². The van der Waals surface area contributed by atoms with Gasteiger partial charge in [0.15, 0.2) is 0 Å². The van der Waals surface area contributed by atoms with Crippen LogP contribution in [-0.2, 0) is 6.42 Å². The molecule has 1 aromatic carbocycles. The van der Waals surface area contributed by atoms with Gasteiger partial charge in [0, 0.05) is 11.9 Å². The lowest BCUT2D eigenvalue weighted by Crippen LogP contribution is -2.10. The van der Waals surface area contributed by atoms with Crippen molar-refractivity contribution in [2.24, 2.45) is 5.73 Å². The van der Waals surface area contributed by atoms with Crippen LogP contribution in [0.3, 0.4) is 0 Å². The average molecular weight is 205 g/mol. The van der Waals surface area contributed by atoms with Crippen LogP contribution >= 0.6 is 0 Å². The Morgan fingerprint density at radius 1 is 1.47 bits per heavy atom. The second-order valence-corrected chi connectivity index (χ2v) is 3.59. The molecule has 15 heavy (non-hydrogen) atoms. The normalized spacial score (nSPS) is 13.3. The summed E-state index contributed by atoms with van der Waals surface area (Å²) in [5.41, 5.74) is 7.41. The van der Waals surface area contributed by atoms with Crippen LogP contribution in [0, 0.1) is 0 Å². The van der Waals surface area contributed by atoms with Gasteiger partial charge in [0.2, 0.25) is 0 Å². The summed E-state index contributed by atoms with van der Waals surface area (Å²) in [7, 11) is 0. The van der Waals surface area contributed by atoms with Gasteiger partial charge in [0.25, 0.3) is 0 Å². The van der Waals surface area contributed by atoms with E-state index < -0.39 is 6.10 Å². The Bertz CT molecular complexity index is 462. The molecule has 3 nitrogen and oxygen atoms in total. The highest BCUT2D eigenvalue weighted by Gasteiger charge is 2.12. The van der Waals surface area contributed by atoms with Crippen molar-refractivity contribution in [3.8, 4) is 0 Å². The third-order valence-electron chi connectivity index (χ3n) is 2.58. The summed E-state index contributed by atoms with van der Waals surface area (Å²) in [4.78, 5) is 0. The third kappa shape index (κ3) is 1.76. The number of aliphatic hydroxyl groups excluding tert-OH is 1. The second-order valence-electron chi connectivity index (χ2n) is 3.59. The van der Waals surface area contributed by atoms with E-state index >= 15 is 0 Å². The molecule has 0 fully saturated rings. The standard InChI is InChI=1S/C12H15NO2/c1-2-8-4-3-5-9-6-11(10(14)7-13)15-12(8)9/h3-6,10,14H,2,7,13H2,1H3. The van der Waals surface area contributed by atoms with E-state index in [-0.39, 0.29) is 6.54 Å². The zero-order valence-corrected chi connectivity index (χ0v) is 8.73. The number of nitrogens with two attached hydrogens (primary N) is 1. The summed E-state index contributed by atoms with van der Waals surface area (Å²) in [5.74, 6) is 0.549. The first-order valence-corrected chi connectivity index (χ1v) is 5.15. The number of fused-ring (bicyclic) bond motifs is 1. The van der Waals surface area contributed by atoms with Gasteiger partial charge in [-0.15, -0.1) is 0 Å². The Morgan fingerprint density at radius 2 is 2.27 bits per heavy atom. The fraction of sp³-hybridized carbons (Fsp3) is 0.333. The molecule has 2 rings (SSSR count). The molecule has 0 spiro atoms. The number of hydrogen-bond donors (Lipinski definition) is 2. The Balaban J connectivity index is 2.55. The Kier molecular flexibility index (Phi) is 2.75. The fourth-order valence-corrected chi connectivity index (χ4v) is 1.70. The quantitative estimate of drug-likeness (QED) is 0.805. The highest BCUT2D eigenvalue weighted by molar-refractivity contribution is 5.81. The molecule has 3 N–H and O–H groups in total. The number of hydrogen-bond acceptors (Lipinski definition) is 3. The molecule has 1 aromatic heterocycles. The minimum Gasteiger partial charge on any atom is -0.458 e. The minimum atomic E-state index is -0.706. The smallest absolute Gasteiger partial charge is 0.137 e. The Morgan fingerprint density at radius 3 is 2.93 bits per heavy atom. The number of aliphatic hydroxyl groups is 1. The summed E-state index contributed by atoms with van der Waals surface area (Å²) < 4.78 is 5.61. The average Bonchev–Trinajstić information content (AvgIpc) is 2.71. The Hall–Kier alpha value is -1.32. The summed E-state index contributed by atoms with van der Waals surface area (Å²) in [6, 6.07) is 7.86. The molecule has 0 bridgehead atoms. The van der Waals surface area contributed by atoms with Crippen LogP contribution in [0.2, 0.25) is 0 Å². The van der Waals surface area contributed by atoms with Crippen LogP contribution < -0.4 is 5.73 Å². The van der Waals surface area contributed by atoms with Crippen molar-refractivity contribution in [1.29, 1.82) is 0 Å². The zero-order valence-electron chi connectivity index (χ0n) is 8.73. The van der Waals surface area contributed by atoms with E-state index in [1.807, 2.05) is 24.3 Å². The molecule has 1 atom stereocenters. The topological polar surface area (TPSA) is 59.4 Å². The molecule has 0 amide bonds. The molecule has 1 heterocycles. The lowest BCUT2D eigenvalue weighted by molar-refractivity contribution is 0.160. The number of aryl methyl sites for hydroxylation is 1. The van der Waals surface area contributed by atoms with Crippen LogP contribution in [0.25, 0.3) is 11.0 Å². The van der Waals surface area contributed by atoms with Crippen LogP contribution in [0.5, 0.6) is 0 Å². The molecule has 3 heteroatoms. The summed E-state index contributed by atoms with van der Waals surface area (Å²) in [6.07, 6.45) is 0.213. The van der Waals surface area contributed by atoms with Crippen molar-refractivity contribution in [1.82, 2.24) is 0 Å². The SMILES string of the molecule is CCc1cccc2cc(C(O)CN)oc12. The van der Waals surface area contributed by atoms with Gasteiger partial charge < -0.3 is 15.3 Å². The maximum Gasteiger partial charge on any atom is 0.137 e. The highest BCUT2D eigenvalue weighted by atomic mass is 16.4. The maximum absolute atomic E-state index is 9.58. The molecule has 0 saturated heterocycles. The van der Waals surface area contributed by atoms with Gasteiger partial charge in [0.05, 0.1) is 0 Å². The lowest BCUT2D eigenvalue weighted by Gasteiger charge is -2.01. The predicted molar refractivity (Wildman–Crippen MR) is 59.6 cm³/mol. The minimum absolute atomic E-state index is 0.182. The van der Waals surface area contributed by atoms with E-state index in [2.05, 4.69) is 6.92 Å². The number of benzene rings is 1. The number of furan rings is 1. The molecule has 2 aromatic rings. The van der Waals surface area contributed by atoms with Crippen molar-refractivity contribution in [2.75, 3.05) is 6.54 Å². The number of rotatable bonds is 3. The molecule has 0 radical (unpaired) electrons.